The van der Waals surface area contributed by atoms with Crippen molar-refractivity contribution in [1.82, 2.24) is 19.9 Å². The van der Waals surface area contributed by atoms with Crippen LogP contribution in [0.1, 0.15) is 12.8 Å². The molecule has 0 aliphatic heterocycles. The minimum Gasteiger partial charge on any atom is -0.495 e. The first-order chi connectivity index (χ1) is 15.4. The van der Waals surface area contributed by atoms with E-state index in [0.29, 0.717) is 43.8 Å². The minimum absolute atomic E-state index is 0.365. The maximum Gasteiger partial charge on any atom is 0.187 e. The molecule has 0 aliphatic rings. The van der Waals surface area contributed by atoms with Crippen molar-refractivity contribution in [3.8, 4) is 22.8 Å². The van der Waals surface area contributed by atoms with Gasteiger partial charge in [0.15, 0.2) is 11.0 Å². The molecule has 0 spiro atoms. The van der Waals surface area contributed by atoms with Crippen LogP contribution in [0.4, 0.5) is 5.82 Å². The van der Waals surface area contributed by atoms with Crippen LogP contribution in [-0.4, -0.2) is 67.5 Å². The van der Waals surface area contributed by atoms with Crippen LogP contribution in [0.5, 0.6) is 11.5 Å². The number of unbranched alkanes of at least 4 members (excludes halogenated alkanes) is 1. The number of hydrogen-bond donors (Lipinski definition) is 1. The van der Waals surface area contributed by atoms with Crippen molar-refractivity contribution in [3.05, 3.63) is 28.4 Å². The fraction of sp³-hybridized carbons (Fsp3) is 0.409. The topological polar surface area (TPSA) is 72.4 Å². The fourth-order valence-corrected chi connectivity index (χ4v) is 4.28. The molecular formula is C22H27Cl2N5O2S. The van der Waals surface area contributed by atoms with Gasteiger partial charge in [-0.3, -0.25) is 0 Å². The number of thioether (sulfide) groups is 1. The lowest BCUT2D eigenvalue weighted by Crippen LogP contribution is -2.14. The van der Waals surface area contributed by atoms with Crippen LogP contribution in [0.15, 0.2) is 23.5 Å². The summed E-state index contributed by atoms with van der Waals surface area (Å²) in [7, 11) is 7.24. The third-order valence-corrected chi connectivity index (χ3v) is 6.19. The highest BCUT2D eigenvalue weighted by Crippen LogP contribution is 2.46. The van der Waals surface area contributed by atoms with E-state index in [9.17, 15) is 0 Å². The van der Waals surface area contributed by atoms with Gasteiger partial charge in [-0.05, 0) is 45.8 Å². The lowest BCUT2D eigenvalue weighted by molar-refractivity contribution is 0.395. The zero-order valence-corrected chi connectivity index (χ0v) is 21.2. The lowest BCUT2D eigenvalue weighted by Gasteiger charge is -2.16. The van der Waals surface area contributed by atoms with Gasteiger partial charge in [0, 0.05) is 29.8 Å². The minimum atomic E-state index is 0.365. The van der Waals surface area contributed by atoms with Crippen LogP contribution in [0.2, 0.25) is 10.0 Å². The Labute approximate surface area is 202 Å². The molecule has 0 aliphatic carbocycles. The molecule has 0 saturated heterocycles. The van der Waals surface area contributed by atoms with Crippen LogP contribution in [0.25, 0.3) is 22.2 Å². The molecule has 0 saturated carbocycles. The van der Waals surface area contributed by atoms with E-state index in [2.05, 4.69) is 34.3 Å². The number of aromatic nitrogens is 3. The molecule has 3 aromatic rings. The van der Waals surface area contributed by atoms with Crippen molar-refractivity contribution >= 4 is 51.7 Å². The van der Waals surface area contributed by atoms with Crippen LogP contribution in [0, 0.1) is 0 Å². The molecule has 0 amide bonds. The Kier molecular flexibility index (Phi) is 8.64. The number of halogens is 2. The maximum atomic E-state index is 6.64. The Bertz CT molecular complexity index is 1070. The standard InChI is InChI=1S/C22H27Cl2N5O2S/c1-29(2)9-7-6-8-25-21-20-13(12-26-22(28-20)32-5)10-14(27-21)17-18(23)15(30-3)11-16(31-4)19(17)24/h10-12H,6-9H2,1-5H3,(H,25,27). The number of pyridine rings is 1. The molecule has 2 heterocycles. The number of ether oxygens (including phenoxy) is 2. The Hall–Kier alpha value is -2.00. The summed E-state index contributed by atoms with van der Waals surface area (Å²) in [4.78, 5) is 16.1. The molecule has 0 bridgehead atoms. The van der Waals surface area contributed by atoms with Crippen LogP contribution < -0.4 is 14.8 Å². The lowest BCUT2D eigenvalue weighted by atomic mass is 10.1. The Morgan fingerprint density at radius 2 is 1.72 bits per heavy atom. The normalized spacial score (nSPS) is 11.2. The van der Waals surface area contributed by atoms with E-state index in [1.807, 2.05) is 12.3 Å². The molecule has 1 aromatic carbocycles. The first-order valence-electron chi connectivity index (χ1n) is 10.1. The van der Waals surface area contributed by atoms with Gasteiger partial charge in [0.1, 0.15) is 17.0 Å². The molecule has 0 atom stereocenters. The summed E-state index contributed by atoms with van der Waals surface area (Å²) in [6, 6.07) is 3.54. The van der Waals surface area contributed by atoms with Gasteiger partial charge in [0.25, 0.3) is 0 Å². The van der Waals surface area contributed by atoms with Gasteiger partial charge in [-0.2, -0.15) is 0 Å². The first kappa shape index (κ1) is 24.6. The molecule has 172 valence electrons. The van der Waals surface area contributed by atoms with Gasteiger partial charge in [0.2, 0.25) is 0 Å². The average molecular weight is 496 g/mol. The van der Waals surface area contributed by atoms with E-state index in [-0.39, 0.29) is 0 Å². The summed E-state index contributed by atoms with van der Waals surface area (Å²) in [5.41, 5.74) is 1.87. The number of benzene rings is 1. The smallest absolute Gasteiger partial charge is 0.187 e. The third-order valence-electron chi connectivity index (χ3n) is 4.88. The van der Waals surface area contributed by atoms with Gasteiger partial charge in [-0.25, -0.2) is 15.0 Å². The molecule has 0 unspecified atom stereocenters. The second-order valence-corrected chi connectivity index (χ2v) is 8.90. The summed E-state index contributed by atoms with van der Waals surface area (Å²) in [5.74, 6) is 1.57. The van der Waals surface area contributed by atoms with E-state index in [1.165, 1.54) is 11.8 Å². The van der Waals surface area contributed by atoms with Crippen molar-refractivity contribution < 1.29 is 9.47 Å². The highest BCUT2D eigenvalue weighted by Gasteiger charge is 2.21. The second kappa shape index (κ2) is 11.2. The van der Waals surface area contributed by atoms with Crippen LogP contribution in [-0.2, 0) is 0 Å². The number of hydrogen-bond acceptors (Lipinski definition) is 8. The number of anilines is 1. The number of methoxy groups -OCH3 is 2. The molecule has 32 heavy (non-hydrogen) atoms. The molecule has 0 radical (unpaired) electrons. The Morgan fingerprint density at radius 3 is 2.31 bits per heavy atom. The van der Waals surface area contributed by atoms with Crippen molar-refractivity contribution in [2.24, 2.45) is 0 Å². The van der Waals surface area contributed by atoms with Gasteiger partial charge >= 0.3 is 0 Å². The predicted octanol–water partition coefficient (Wildman–Crippen LogP) is 5.49. The van der Waals surface area contributed by atoms with E-state index in [4.69, 9.17) is 37.7 Å². The van der Waals surface area contributed by atoms with Gasteiger partial charge in [0.05, 0.1) is 30.0 Å². The predicted molar refractivity (Wildman–Crippen MR) is 134 cm³/mol. The van der Waals surface area contributed by atoms with Crippen LogP contribution in [0.3, 0.4) is 0 Å². The number of rotatable bonds is 10. The molecule has 0 fully saturated rings. The quantitative estimate of drug-likeness (QED) is 0.224. The Balaban J connectivity index is 2.09. The van der Waals surface area contributed by atoms with Crippen molar-refractivity contribution in [2.75, 3.05) is 53.0 Å². The van der Waals surface area contributed by atoms with Crippen molar-refractivity contribution in [1.29, 1.82) is 0 Å². The second-order valence-electron chi connectivity index (χ2n) is 7.37. The fourth-order valence-electron chi connectivity index (χ4n) is 3.24. The first-order valence-corrected chi connectivity index (χ1v) is 12.1. The zero-order valence-electron chi connectivity index (χ0n) is 18.8. The molecular weight excluding hydrogens is 469 g/mol. The van der Waals surface area contributed by atoms with Crippen molar-refractivity contribution in [3.63, 3.8) is 0 Å². The molecule has 3 rings (SSSR count). The summed E-state index contributed by atoms with van der Waals surface area (Å²) < 4.78 is 10.8. The SMILES string of the molecule is COc1cc(OC)c(Cl)c(-c2cc3cnc(SC)nc3c(NCCCCN(C)C)n2)c1Cl. The van der Waals surface area contributed by atoms with Gasteiger partial charge < -0.3 is 19.7 Å². The van der Waals surface area contributed by atoms with Gasteiger partial charge in [-0.15, -0.1) is 0 Å². The van der Waals surface area contributed by atoms with Crippen molar-refractivity contribution in [2.45, 2.75) is 18.0 Å². The molecule has 10 heteroatoms. The number of fused-ring (bicyclic) bond motifs is 1. The number of nitrogens with one attached hydrogen (secondary N) is 1. The van der Waals surface area contributed by atoms with Crippen LogP contribution >= 0.6 is 35.0 Å². The summed E-state index contributed by atoms with van der Waals surface area (Å²) in [6.07, 6.45) is 5.81. The van der Waals surface area contributed by atoms with E-state index in [0.717, 1.165) is 36.8 Å². The largest absolute Gasteiger partial charge is 0.495 e. The molecule has 2 aromatic heterocycles. The molecule has 1 N–H and O–H groups in total. The van der Waals surface area contributed by atoms with E-state index >= 15 is 0 Å². The number of nitrogens with zero attached hydrogens (tertiary/aromatic N) is 4. The van der Waals surface area contributed by atoms with E-state index < -0.39 is 0 Å². The summed E-state index contributed by atoms with van der Waals surface area (Å²) in [5, 5.41) is 5.68. The average Bonchev–Trinajstić information content (AvgIpc) is 2.78. The Morgan fingerprint density at radius 1 is 1.03 bits per heavy atom. The maximum absolute atomic E-state index is 6.64. The summed E-state index contributed by atoms with van der Waals surface area (Å²) >= 11 is 14.8. The monoisotopic (exact) mass is 495 g/mol. The summed E-state index contributed by atoms with van der Waals surface area (Å²) in [6.45, 7) is 1.80. The third kappa shape index (κ3) is 5.49. The molecule has 7 nitrogen and oxygen atoms in total. The van der Waals surface area contributed by atoms with E-state index in [1.54, 1.807) is 26.5 Å². The highest BCUT2D eigenvalue weighted by atomic mass is 35.5. The highest BCUT2D eigenvalue weighted by molar-refractivity contribution is 7.98. The van der Waals surface area contributed by atoms with Gasteiger partial charge in [-0.1, -0.05) is 35.0 Å². The zero-order chi connectivity index (χ0) is 23.3.